The van der Waals surface area contributed by atoms with Gasteiger partial charge in [0.1, 0.15) is 0 Å². The van der Waals surface area contributed by atoms with Crippen LogP contribution in [0, 0.1) is 6.92 Å². The monoisotopic (exact) mass is 351 g/mol. The van der Waals surface area contributed by atoms with E-state index in [-0.39, 0.29) is 6.04 Å². The van der Waals surface area contributed by atoms with Crippen LogP contribution in [0.1, 0.15) is 42.5 Å². The Morgan fingerprint density at radius 1 is 1.43 bits per heavy atom. The Labute approximate surface area is 134 Å². The van der Waals surface area contributed by atoms with Gasteiger partial charge in [0.2, 0.25) is 0 Å². The van der Waals surface area contributed by atoms with E-state index in [9.17, 15) is 0 Å². The Balaban J connectivity index is 2.32. The summed E-state index contributed by atoms with van der Waals surface area (Å²) in [6.07, 6.45) is 3.51. The highest BCUT2D eigenvalue weighted by atomic mass is 79.9. The Bertz CT molecular complexity index is 608. The molecular formula is C15H22BrN5. The molecule has 6 heteroatoms. The first kappa shape index (κ1) is 16.1. The third-order valence-electron chi connectivity index (χ3n) is 3.62. The molecule has 0 saturated heterocycles. The van der Waals surface area contributed by atoms with E-state index in [1.165, 1.54) is 5.69 Å². The van der Waals surface area contributed by atoms with Gasteiger partial charge in [0.05, 0.1) is 21.9 Å². The third-order valence-corrected chi connectivity index (χ3v) is 4.53. The van der Waals surface area contributed by atoms with Gasteiger partial charge in [-0.15, -0.1) is 0 Å². The van der Waals surface area contributed by atoms with E-state index >= 15 is 0 Å². The van der Waals surface area contributed by atoms with Gasteiger partial charge in [-0.05, 0) is 53.9 Å². The van der Waals surface area contributed by atoms with Crippen LogP contribution in [0.2, 0.25) is 0 Å². The predicted molar refractivity (Wildman–Crippen MR) is 87.7 cm³/mol. The molecule has 0 fully saturated rings. The lowest BCUT2D eigenvalue weighted by molar-refractivity contribution is 0.515. The normalized spacial score (nSPS) is 12.6. The zero-order valence-corrected chi connectivity index (χ0v) is 14.3. The van der Waals surface area contributed by atoms with Crippen LogP contribution in [0.4, 0.5) is 0 Å². The van der Waals surface area contributed by atoms with Crippen LogP contribution in [-0.2, 0) is 19.4 Å². The van der Waals surface area contributed by atoms with Crippen LogP contribution in [0.25, 0.3) is 0 Å². The SMILES string of the molecule is CCc1nn(CC)c(CC(NN)c2ccnc(C)c2)c1Br. The number of hydrogen-bond donors (Lipinski definition) is 2. The molecule has 1 unspecified atom stereocenters. The van der Waals surface area contributed by atoms with Gasteiger partial charge in [0.25, 0.3) is 0 Å². The molecule has 2 aromatic heterocycles. The Hall–Kier alpha value is -1.24. The zero-order chi connectivity index (χ0) is 15.4. The number of hydrogen-bond acceptors (Lipinski definition) is 4. The van der Waals surface area contributed by atoms with Gasteiger partial charge in [-0.1, -0.05) is 6.92 Å². The second-order valence-corrected chi connectivity index (χ2v) is 5.82. The lowest BCUT2D eigenvalue weighted by atomic mass is 10.0. The molecule has 0 bridgehead atoms. The zero-order valence-electron chi connectivity index (χ0n) is 12.7. The van der Waals surface area contributed by atoms with Crippen molar-refractivity contribution >= 4 is 15.9 Å². The molecule has 1 atom stereocenters. The second-order valence-electron chi connectivity index (χ2n) is 5.03. The number of halogens is 1. The Morgan fingerprint density at radius 2 is 2.19 bits per heavy atom. The quantitative estimate of drug-likeness (QED) is 0.620. The highest BCUT2D eigenvalue weighted by Gasteiger charge is 2.19. The first-order chi connectivity index (χ1) is 10.1. The lowest BCUT2D eigenvalue weighted by Gasteiger charge is -2.17. The van der Waals surface area contributed by atoms with Crippen molar-refractivity contribution in [1.82, 2.24) is 20.2 Å². The number of nitrogens with one attached hydrogen (secondary N) is 1. The van der Waals surface area contributed by atoms with Crippen molar-refractivity contribution in [3.05, 3.63) is 45.4 Å². The minimum absolute atomic E-state index is 0.0368. The van der Waals surface area contributed by atoms with Gasteiger partial charge in [-0.3, -0.25) is 20.9 Å². The van der Waals surface area contributed by atoms with Gasteiger partial charge in [-0.25, -0.2) is 0 Å². The first-order valence-corrected chi connectivity index (χ1v) is 8.02. The highest BCUT2D eigenvalue weighted by molar-refractivity contribution is 9.10. The van der Waals surface area contributed by atoms with Crippen molar-refractivity contribution in [2.24, 2.45) is 5.84 Å². The number of hydrazine groups is 1. The maximum Gasteiger partial charge on any atom is 0.0766 e. The minimum Gasteiger partial charge on any atom is -0.271 e. The molecule has 5 nitrogen and oxygen atoms in total. The smallest absolute Gasteiger partial charge is 0.0766 e. The minimum atomic E-state index is 0.0368. The van der Waals surface area contributed by atoms with Crippen molar-refractivity contribution in [3.63, 3.8) is 0 Å². The van der Waals surface area contributed by atoms with Gasteiger partial charge in [0, 0.05) is 24.9 Å². The van der Waals surface area contributed by atoms with Gasteiger partial charge >= 0.3 is 0 Å². The largest absolute Gasteiger partial charge is 0.271 e. The summed E-state index contributed by atoms with van der Waals surface area (Å²) in [6, 6.07) is 4.10. The third kappa shape index (κ3) is 3.51. The molecule has 21 heavy (non-hydrogen) atoms. The number of rotatable bonds is 6. The summed E-state index contributed by atoms with van der Waals surface area (Å²) in [5, 5.41) is 4.63. The summed E-state index contributed by atoms with van der Waals surface area (Å²) in [5.74, 6) is 5.77. The summed E-state index contributed by atoms with van der Waals surface area (Å²) in [5.41, 5.74) is 7.30. The second kappa shape index (κ2) is 7.15. The highest BCUT2D eigenvalue weighted by Crippen LogP contribution is 2.27. The fourth-order valence-corrected chi connectivity index (χ4v) is 3.19. The number of aromatic nitrogens is 3. The number of nitrogens with two attached hydrogens (primary N) is 1. The van der Waals surface area contributed by atoms with Gasteiger partial charge in [0.15, 0.2) is 0 Å². The van der Waals surface area contributed by atoms with Crippen molar-refractivity contribution in [3.8, 4) is 0 Å². The van der Waals surface area contributed by atoms with Gasteiger partial charge in [-0.2, -0.15) is 5.10 Å². The first-order valence-electron chi connectivity index (χ1n) is 7.23. The van der Waals surface area contributed by atoms with E-state index in [1.807, 2.05) is 23.9 Å². The van der Waals surface area contributed by atoms with E-state index in [0.717, 1.165) is 40.8 Å². The van der Waals surface area contributed by atoms with Crippen molar-refractivity contribution in [2.75, 3.05) is 0 Å². The lowest BCUT2D eigenvalue weighted by Crippen LogP contribution is -2.30. The molecule has 0 aliphatic heterocycles. The maximum absolute atomic E-state index is 5.77. The van der Waals surface area contributed by atoms with E-state index in [4.69, 9.17) is 5.84 Å². The molecular weight excluding hydrogens is 330 g/mol. The molecule has 0 amide bonds. The van der Waals surface area contributed by atoms with Crippen LogP contribution in [-0.4, -0.2) is 14.8 Å². The Morgan fingerprint density at radius 3 is 2.76 bits per heavy atom. The van der Waals surface area contributed by atoms with E-state index < -0.39 is 0 Å². The maximum atomic E-state index is 5.77. The molecule has 3 N–H and O–H groups in total. The van der Waals surface area contributed by atoms with Crippen LogP contribution < -0.4 is 11.3 Å². The van der Waals surface area contributed by atoms with E-state index in [2.05, 4.69) is 51.4 Å². The average Bonchev–Trinajstić information content (AvgIpc) is 2.80. The summed E-state index contributed by atoms with van der Waals surface area (Å²) in [7, 11) is 0. The molecule has 0 spiro atoms. The summed E-state index contributed by atoms with van der Waals surface area (Å²) in [4.78, 5) is 4.24. The van der Waals surface area contributed by atoms with Crippen LogP contribution >= 0.6 is 15.9 Å². The molecule has 2 heterocycles. The van der Waals surface area contributed by atoms with Crippen molar-refractivity contribution in [2.45, 2.75) is 46.2 Å². The van der Waals surface area contributed by atoms with E-state index in [1.54, 1.807) is 0 Å². The molecule has 0 aromatic carbocycles. The molecule has 0 aliphatic carbocycles. The molecule has 0 saturated carbocycles. The standard InChI is InChI=1S/C15H22BrN5/c1-4-12-15(16)14(21(5-2)20-12)9-13(19-17)11-6-7-18-10(3)8-11/h6-8,13,19H,4-5,9,17H2,1-3H3. The molecule has 0 aliphatic rings. The van der Waals surface area contributed by atoms with Crippen LogP contribution in [0.3, 0.4) is 0 Å². The van der Waals surface area contributed by atoms with Crippen molar-refractivity contribution in [1.29, 1.82) is 0 Å². The molecule has 2 rings (SSSR count). The Kier molecular flexibility index (Phi) is 5.50. The number of pyridine rings is 1. The predicted octanol–water partition coefficient (Wildman–Crippen LogP) is 2.68. The molecule has 0 radical (unpaired) electrons. The fraction of sp³-hybridized carbons (Fsp3) is 0.467. The van der Waals surface area contributed by atoms with Gasteiger partial charge < -0.3 is 0 Å². The number of nitrogens with zero attached hydrogens (tertiary/aromatic N) is 3. The average molecular weight is 352 g/mol. The summed E-state index contributed by atoms with van der Waals surface area (Å²) < 4.78 is 3.14. The fourth-order valence-electron chi connectivity index (χ4n) is 2.46. The van der Waals surface area contributed by atoms with Crippen LogP contribution in [0.5, 0.6) is 0 Å². The van der Waals surface area contributed by atoms with Crippen LogP contribution in [0.15, 0.2) is 22.8 Å². The molecule has 114 valence electrons. The molecule has 2 aromatic rings. The topological polar surface area (TPSA) is 68.8 Å². The van der Waals surface area contributed by atoms with E-state index in [0.29, 0.717) is 0 Å². The summed E-state index contributed by atoms with van der Waals surface area (Å²) in [6.45, 7) is 7.05. The van der Waals surface area contributed by atoms with Crippen molar-refractivity contribution < 1.29 is 0 Å². The number of aryl methyl sites for hydroxylation is 3. The summed E-state index contributed by atoms with van der Waals surface area (Å²) >= 11 is 3.68.